The molecule has 3 fully saturated rings. The summed E-state index contributed by atoms with van der Waals surface area (Å²) in [6, 6.07) is 15.7. The first-order valence-corrected chi connectivity index (χ1v) is 14.4. The van der Waals surface area contributed by atoms with Gasteiger partial charge in [0.15, 0.2) is 0 Å². The largest absolute Gasteiger partial charge is 0.381 e. The second-order valence-corrected chi connectivity index (χ2v) is 11.8. The molecule has 1 unspecified atom stereocenters. The first-order chi connectivity index (χ1) is 17.5. The van der Waals surface area contributed by atoms with E-state index >= 15 is 0 Å². The topological polar surface area (TPSA) is 32.8 Å². The molecule has 0 bridgehead atoms. The summed E-state index contributed by atoms with van der Waals surface area (Å²) in [5.41, 5.74) is 1.85. The Bertz CT molecular complexity index is 1020. The number of piperidine rings is 2. The van der Waals surface area contributed by atoms with Gasteiger partial charge in [-0.3, -0.25) is 4.79 Å². The van der Waals surface area contributed by atoms with Gasteiger partial charge in [0.05, 0.1) is 10.0 Å². The summed E-state index contributed by atoms with van der Waals surface area (Å²) in [7, 11) is 0. The third kappa shape index (κ3) is 5.93. The van der Waals surface area contributed by atoms with E-state index in [1.165, 1.54) is 44.3 Å². The van der Waals surface area contributed by atoms with Gasteiger partial charge in [0, 0.05) is 37.3 Å². The zero-order valence-corrected chi connectivity index (χ0v) is 22.7. The molecule has 3 saturated heterocycles. The number of rotatable bonds is 6. The van der Waals surface area contributed by atoms with Crippen molar-refractivity contribution in [2.45, 2.75) is 50.4 Å². The van der Waals surface area contributed by atoms with E-state index in [4.69, 9.17) is 27.9 Å². The Labute approximate surface area is 225 Å². The van der Waals surface area contributed by atoms with E-state index in [2.05, 4.69) is 15.9 Å². The molecule has 0 N–H and O–H groups in total. The average molecular weight is 530 g/mol. The first-order valence-electron chi connectivity index (χ1n) is 13.6. The third-order valence-electron chi connectivity index (χ3n) is 8.89. The van der Waals surface area contributed by atoms with Crippen molar-refractivity contribution >= 4 is 29.1 Å². The molecule has 3 aliphatic rings. The Morgan fingerprint density at radius 2 is 1.64 bits per heavy atom. The summed E-state index contributed by atoms with van der Waals surface area (Å²) < 4.78 is 5.58. The molecule has 3 aliphatic heterocycles. The van der Waals surface area contributed by atoms with E-state index in [0.29, 0.717) is 10.0 Å². The van der Waals surface area contributed by atoms with E-state index in [1.54, 1.807) is 0 Å². The lowest BCUT2D eigenvalue weighted by atomic mass is 9.71. The highest BCUT2D eigenvalue weighted by atomic mass is 35.5. The maximum atomic E-state index is 13.4. The highest BCUT2D eigenvalue weighted by Crippen LogP contribution is 2.41. The monoisotopic (exact) mass is 528 g/mol. The number of hydrogen-bond donors (Lipinski definition) is 0. The van der Waals surface area contributed by atoms with Crippen LogP contribution in [0.15, 0.2) is 48.5 Å². The van der Waals surface area contributed by atoms with Crippen LogP contribution in [0.1, 0.15) is 60.9 Å². The average Bonchev–Trinajstić information content (AvgIpc) is 2.94. The lowest BCUT2D eigenvalue weighted by molar-refractivity contribution is 0.0286. The Kier molecular flexibility index (Phi) is 8.57. The molecule has 194 valence electrons. The van der Waals surface area contributed by atoms with Crippen LogP contribution < -0.4 is 0 Å². The van der Waals surface area contributed by atoms with E-state index in [1.807, 2.05) is 42.5 Å². The molecule has 2 aromatic carbocycles. The molecule has 0 aliphatic carbocycles. The Morgan fingerprint density at radius 1 is 0.917 bits per heavy atom. The predicted octanol–water partition coefficient (Wildman–Crippen LogP) is 6.70. The van der Waals surface area contributed by atoms with Gasteiger partial charge >= 0.3 is 0 Å². The summed E-state index contributed by atoms with van der Waals surface area (Å²) >= 11 is 12.8. The normalized spacial score (nSPS) is 24.7. The van der Waals surface area contributed by atoms with Crippen molar-refractivity contribution in [1.29, 1.82) is 0 Å². The SMILES string of the molecule is O=C(c1ccccc1)N1CCCC(CCN2CCC(C3CCOCC3)CC2)(c2ccc(Cl)c(Cl)c2)C1. The number of likely N-dealkylation sites (tertiary alicyclic amines) is 2. The van der Waals surface area contributed by atoms with Gasteiger partial charge in [-0.25, -0.2) is 0 Å². The molecule has 0 aromatic heterocycles. The molecule has 3 heterocycles. The smallest absolute Gasteiger partial charge is 0.253 e. The van der Waals surface area contributed by atoms with E-state index in [0.717, 1.165) is 69.5 Å². The predicted molar refractivity (Wildman–Crippen MR) is 147 cm³/mol. The van der Waals surface area contributed by atoms with Crippen LogP contribution >= 0.6 is 23.2 Å². The molecule has 5 rings (SSSR count). The van der Waals surface area contributed by atoms with Crippen LogP contribution in [0, 0.1) is 11.8 Å². The van der Waals surface area contributed by atoms with E-state index in [-0.39, 0.29) is 11.3 Å². The van der Waals surface area contributed by atoms with Crippen molar-refractivity contribution in [3.05, 3.63) is 69.7 Å². The Morgan fingerprint density at radius 3 is 2.36 bits per heavy atom. The fraction of sp³-hybridized carbons (Fsp3) is 0.567. The van der Waals surface area contributed by atoms with Crippen LogP contribution in [0.5, 0.6) is 0 Å². The molecule has 1 atom stereocenters. The van der Waals surface area contributed by atoms with Crippen LogP contribution in [0.4, 0.5) is 0 Å². The zero-order chi connectivity index (χ0) is 25.0. The minimum atomic E-state index is -0.117. The molecule has 0 spiro atoms. The second-order valence-electron chi connectivity index (χ2n) is 11.0. The molecule has 2 aromatic rings. The maximum absolute atomic E-state index is 13.4. The molecular weight excluding hydrogens is 491 g/mol. The summed E-state index contributed by atoms with van der Waals surface area (Å²) in [5.74, 6) is 1.82. The van der Waals surface area contributed by atoms with Gasteiger partial charge in [0.25, 0.3) is 5.91 Å². The maximum Gasteiger partial charge on any atom is 0.253 e. The second kappa shape index (κ2) is 11.9. The summed E-state index contributed by atoms with van der Waals surface area (Å²) in [6.45, 7) is 6.79. The highest BCUT2D eigenvalue weighted by Gasteiger charge is 2.39. The Balaban J connectivity index is 1.29. The van der Waals surface area contributed by atoms with Crippen LogP contribution in [-0.4, -0.2) is 61.6 Å². The molecule has 0 radical (unpaired) electrons. The van der Waals surface area contributed by atoms with Crippen molar-refractivity contribution in [3.63, 3.8) is 0 Å². The fourth-order valence-corrected chi connectivity index (χ4v) is 6.98. The van der Waals surface area contributed by atoms with Crippen molar-refractivity contribution in [2.24, 2.45) is 11.8 Å². The fourth-order valence-electron chi connectivity index (χ4n) is 6.69. The van der Waals surface area contributed by atoms with Gasteiger partial charge in [-0.1, -0.05) is 47.5 Å². The number of halogens is 2. The molecule has 0 saturated carbocycles. The quantitative estimate of drug-likeness (QED) is 0.418. The van der Waals surface area contributed by atoms with Crippen molar-refractivity contribution in [3.8, 4) is 0 Å². The number of ether oxygens (including phenoxy) is 1. The van der Waals surface area contributed by atoms with Gasteiger partial charge in [-0.05, 0) is 106 Å². The number of carbonyl (C=O) groups is 1. The van der Waals surface area contributed by atoms with Gasteiger partial charge in [0.1, 0.15) is 0 Å². The van der Waals surface area contributed by atoms with Gasteiger partial charge < -0.3 is 14.5 Å². The molecular formula is C30H38Cl2N2O2. The third-order valence-corrected chi connectivity index (χ3v) is 9.63. The number of nitrogens with zero attached hydrogens (tertiary/aromatic N) is 2. The summed E-state index contributed by atoms with van der Waals surface area (Å²) in [5, 5.41) is 1.18. The number of hydrogen-bond acceptors (Lipinski definition) is 3. The molecule has 4 nitrogen and oxygen atoms in total. The summed E-state index contributed by atoms with van der Waals surface area (Å²) in [6.07, 6.45) is 8.12. The Hall–Kier alpha value is -1.59. The lowest BCUT2D eigenvalue weighted by Crippen LogP contribution is -2.50. The van der Waals surface area contributed by atoms with Gasteiger partial charge in [-0.15, -0.1) is 0 Å². The van der Waals surface area contributed by atoms with E-state index < -0.39 is 0 Å². The molecule has 36 heavy (non-hydrogen) atoms. The number of amides is 1. The van der Waals surface area contributed by atoms with Crippen molar-refractivity contribution in [2.75, 3.05) is 45.9 Å². The van der Waals surface area contributed by atoms with Crippen LogP contribution in [-0.2, 0) is 10.2 Å². The van der Waals surface area contributed by atoms with E-state index in [9.17, 15) is 4.79 Å². The van der Waals surface area contributed by atoms with Gasteiger partial charge in [0.2, 0.25) is 0 Å². The first kappa shape index (κ1) is 26.0. The summed E-state index contributed by atoms with van der Waals surface area (Å²) in [4.78, 5) is 18.1. The molecule has 1 amide bonds. The van der Waals surface area contributed by atoms with Crippen LogP contribution in [0.3, 0.4) is 0 Å². The van der Waals surface area contributed by atoms with Crippen LogP contribution in [0.25, 0.3) is 0 Å². The minimum absolute atomic E-state index is 0.117. The number of benzene rings is 2. The highest BCUT2D eigenvalue weighted by molar-refractivity contribution is 6.42. The standard InChI is InChI=1S/C30H38Cl2N2O2/c31-27-8-7-26(21-28(27)32)30(13-4-15-34(22-30)29(35)25-5-2-1-3-6-25)14-18-33-16-9-23(10-17-33)24-11-19-36-20-12-24/h1-3,5-8,21,23-24H,4,9-20,22H2. The zero-order valence-electron chi connectivity index (χ0n) is 21.1. The lowest BCUT2D eigenvalue weighted by Gasteiger charge is -2.45. The number of carbonyl (C=O) groups excluding carboxylic acids is 1. The van der Waals surface area contributed by atoms with Crippen molar-refractivity contribution < 1.29 is 9.53 Å². The minimum Gasteiger partial charge on any atom is -0.381 e. The molecule has 6 heteroatoms. The van der Waals surface area contributed by atoms with Crippen molar-refractivity contribution in [1.82, 2.24) is 9.80 Å². The van der Waals surface area contributed by atoms with Crippen LogP contribution in [0.2, 0.25) is 10.0 Å². The van der Waals surface area contributed by atoms with Gasteiger partial charge in [-0.2, -0.15) is 0 Å².